The third-order valence-corrected chi connectivity index (χ3v) is 5.79. The molecule has 3 aromatic rings. The number of carbonyl (C=O) groups excluding carboxylic acids is 1. The summed E-state index contributed by atoms with van der Waals surface area (Å²) in [5.41, 5.74) is 0.841. The van der Waals surface area contributed by atoms with Crippen LogP contribution >= 0.6 is 22.9 Å². The Bertz CT molecular complexity index is 877. The van der Waals surface area contributed by atoms with Crippen molar-refractivity contribution in [3.05, 3.63) is 57.6 Å². The number of likely N-dealkylation sites (tertiary alicyclic amines) is 1. The second kappa shape index (κ2) is 7.60. The number of thiophene rings is 1. The van der Waals surface area contributed by atoms with Crippen LogP contribution < -0.4 is 0 Å². The van der Waals surface area contributed by atoms with E-state index in [0.717, 1.165) is 24.9 Å². The summed E-state index contributed by atoms with van der Waals surface area (Å²) in [4.78, 5) is 20.3. The van der Waals surface area contributed by atoms with Crippen molar-refractivity contribution in [2.75, 3.05) is 6.54 Å². The molecular weight excluding hydrogens is 370 g/mol. The van der Waals surface area contributed by atoms with Gasteiger partial charge in [0.15, 0.2) is 0 Å². The van der Waals surface area contributed by atoms with Crippen LogP contribution in [0.3, 0.4) is 0 Å². The minimum absolute atomic E-state index is 0.146. The lowest BCUT2D eigenvalue weighted by Gasteiger charge is -2.23. The van der Waals surface area contributed by atoms with Crippen LogP contribution in [0.25, 0.3) is 11.4 Å². The molecule has 0 saturated carbocycles. The number of aryl methyl sites for hydroxylation is 1. The van der Waals surface area contributed by atoms with Crippen molar-refractivity contribution in [3.63, 3.8) is 0 Å². The molecule has 0 aliphatic carbocycles. The molecule has 7 heteroatoms. The number of carbonyl (C=O) groups is 1. The molecular formula is C19H18ClN3O2S. The molecule has 4 rings (SSSR count). The van der Waals surface area contributed by atoms with Crippen LogP contribution in [0.4, 0.5) is 0 Å². The van der Waals surface area contributed by atoms with Crippen LogP contribution in [0, 0.1) is 0 Å². The maximum Gasteiger partial charge on any atom is 0.227 e. The topological polar surface area (TPSA) is 59.2 Å². The van der Waals surface area contributed by atoms with Crippen LogP contribution in [0.1, 0.15) is 36.1 Å². The van der Waals surface area contributed by atoms with E-state index in [1.165, 1.54) is 4.88 Å². The molecule has 0 N–H and O–H groups in total. The number of rotatable bonds is 5. The van der Waals surface area contributed by atoms with Gasteiger partial charge in [0.05, 0.1) is 6.04 Å². The Hall–Kier alpha value is -2.18. The lowest BCUT2D eigenvalue weighted by atomic mass is 10.1. The molecule has 2 aromatic heterocycles. The smallest absolute Gasteiger partial charge is 0.227 e. The van der Waals surface area contributed by atoms with Gasteiger partial charge in [-0.15, -0.1) is 11.3 Å². The van der Waals surface area contributed by atoms with E-state index < -0.39 is 0 Å². The molecule has 1 saturated heterocycles. The molecule has 3 heterocycles. The summed E-state index contributed by atoms with van der Waals surface area (Å²) < 4.78 is 5.30. The van der Waals surface area contributed by atoms with Crippen LogP contribution in [-0.4, -0.2) is 27.5 Å². The molecule has 1 atom stereocenters. The highest BCUT2D eigenvalue weighted by atomic mass is 35.5. The zero-order chi connectivity index (χ0) is 17.9. The first-order chi connectivity index (χ1) is 12.7. The summed E-state index contributed by atoms with van der Waals surface area (Å²) >= 11 is 7.61. The molecule has 1 aromatic carbocycles. The van der Waals surface area contributed by atoms with Gasteiger partial charge >= 0.3 is 0 Å². The normalized spacial score (nSPS) is 17.0. The van der Waals surface area contributed by atoms with Gasteiger partial charge in [0, 0.05) is 34.8 Å². The number of hydrogen-bond acceptors (Lipinski definition) is 5. The lowest BCUT2D eigenvalue weighted by molar-refractivity contribution is -0.132. The fourth-order valence-electron chi connectivity index (χ4n) is 3.27. The lowest BCUT2D eigenvalue weighted by Crippen LogP contribution is -2.30. The van der Waals surface area contributed by atoms with E-state index in [2.05, 4.69) is 21.6 Å². The van der Waals surface area contributed by atoms with E-state index in [0.29, 0.717) is 29.6 Å². The summed E-state index contributed by atoms with van der Waals surface area (Å²) in [6.45, 7) is 0.821. The van der Waals surface area contributed by atoms with Gasteiger partial charge in [0.2, 0.25) is 17.6 Å². The molecule has 0 spiro atoms. The van der Waals surface area contributed by atoms with Crippen LogP contribution in [-0.2, 0) is 11.2 Å². The van der Waals surface area contributed by atoms with E-state index in [1.54, 1.807) is 23.5 Å². The summed E-state index contributed by atoms with van der Waals surface area (Å²) in [5.74, 6) is 1.14. The highest BCUT2D eigenvalue weighted by Gasteiger charge is 2.30. The van der Waals surface area contributed by atoms with Crippen molar-refractivity contribution in [2.45, 2.75) is 31.7 Å². The van der Waals surface area contributed by atoms with E-state index >= 15 is 0 Å². The van der Waals surface area contributed by atoms with E-state index in [1.807, 2.05) is 23.1 Å². The van der Waals surface area contributed by atoms with Gasteiger partial charge < -0.3 is 9.42 Å². The molecule has 1 aliphatic rings. The predicted molar refractivity (Wildman–Crippen MR) is 101 cm³/mol. The van der Waals surface area contributed by atoms with Crippen LogP contribution in [0.2, 0.25) is 5.02 Å². The average Bonchev–Trinajstić information content (AvgIpc) is 3.40. The van der Waals surface area contributed by atoms with Gasteiger partial charge in [-0.1, -0.05) is 22.8 Å². The summed E-state index contributed by atoms with van der Waals surface area (Å²) in [7, 11) is 0. The standard InChI is InChI=1S/C19H18ClN3O2S/c20-14-7-5-13(6-8-14)19-21-17(25-22-19)9-10-18(24)23-11-1-3-15(23)16-4-2-12-26-16/h2,4-8,12,15H,1,3,9-11H2. The molecule has 1 fully saturated rings. The van der Waals surface area contributed by atoms with E-state index in [9.17, 15) is 4.79 Å². The molecule has 134 valence electrons. The second-order valence-electron chi connectivity index (χ2n) is 6.28. The number of amides is 1. The molecule has 1 aliphatic heterocycles. The maximum absolute atomic E-state index is 12.7. The SMILES string of the molecule is O=C(CCc1nc(-c2ccc(Cl)cc2)no1)N1CCCC1c1cccs1. The van der Waals surface area contributed by atoms with Gasteiger partial charge in [-0.2, -0.15) is 4.98 Å². The van der Waals surface area contributed by atoms with Gasteiger partial charge in [-0.05, 0) is 48.6 Å². The molecule has 26 heavy (non-hydrogen) atoms. The number of halogens is 1. The number of nitrogens with zero attached hydrogens (tertiary/aromatic N) is 3. The number of benzene rings is 1. The van der Waals surface area contributed by atoms with Crippen molar-refractivity contribution >= 4 is 28.8 Å². The average molecular weight is 388 g/mol. The fourth-order valence-corrected chi connectivity index (χ4v) is 4.27. The highest BCUT2D eigenvalue weighted by molar-refractivity contribution is 7.10. The third-order valence-electron chi connectivity index (χ3n) is 4.57. The maximum atomic E-state index is 12.7. The first kappa shape index (κ1) is 17.2. The Labute approximate surface area is 160 Å². The number of hydrogen-bond donors (Lipinski definition) is 0. The van der Waals surface area contributed by atoms with Crippen molar-refractivity contribution in [3.8, 4) is 11.4 Å². The fraction of sp³-hybridized carbons (Fsp3) is 0.316. The molecule has 1 amide bonds. The summed E-state index contributed by atoms with van der Waals surface area (Å²) in [6.07, 6.45) is 2.92. The Balaban J connectivity index is 1.38. The van der Waals surface area contributed by atoms with E-state index in [-0.39, 0.29) is 11.9 Å². The van der Waals surface area contributed by atoms with Gasteiger partial charge in [-0.3, -0.25) is 4.79 Å². The van der Waals surface area contributed by atoms with Gasteiger partial charge in [0.25, 0.3) is 0 Å². The minimum Gasteiger partial charge on any atom is -0.339 e. The van der Waals surface area contributed by atoms with Crippen molar-refractivity contribution < 1.29 is 9.32 Å². The van der Waals surface area contributed by atoms with Crippen LogP contribution in [0.5, 0.6) is 0 Å². The molecule has 1 unspecified atom stereocenters. The first-order valence-electron chi connectivity index (χ1n) is 8.62. The first-order valence-corrected chi connectivity index (χ1v) is 9.88. The Morgan fingerprint density at radius 3 is 2.92 bits per heavy atom. The Morgan fingerprint density at radius 2 is 2.15 bits per heavy atom. The van der Waals surface area contributed by atoms with Crippen molar-refractivity contribution in [2.24, 2.45) is 0 Å². The van der Waals surface area contributed by atoms with Gasteiger partial charge in [0.1, 0.15) is 0 Å². The van der Waals surface area contributed by atoms with Crippen LogP contribution in [0.15, 0.2) is 46.3 Å². The Kier molecular flexibility index (Phi) is 5.04. The highest BCUT2D eigenvalue weighted by Crippen LogP contribution is 2.34. The van der Waals surface area contributed by atoms with Crippen molar-refractivity contribution in [1.29, 1.82) is 0 Å². The number of aromatic nitrogens is 2. The van der Waals surface area contributed by atoms with E-state index in [4.69, 9.17) is 16.1 Å². The zero-order valence-corrected chi connectivity index (χ0v) is 15.7. The predicted octanol–water partition coefficient (Wildman–Crippen LogP) is 4.75. The van der Waals surface area contributed by atoms with Gasteiger partial charge in [-0.25, -0.2) is 0 Å². The Morgan fingerprint density at radius 1 is 1.31 bits per heavy atom. The zero-order valence-electron chi connectivity index (χ0n) is 14.1. The summed E-state index contributed by atoms with van der Waals surface area (Å²) in [5, 5.41) is 6.72. The molecule has 0 radical (unpaired) electrons. The monoisotopic (exact) mass is 387 g/mol. The third kappa shape index (κ3) is 3.66. The molecule has 5 nitrogen and oxygen atoms in total. The minimum atomic E-state index is 0.146. The second-order valence-corrected chi connectivity index (χ2v) is 7.69. The molecule has 0 bridgehead atoms. The van der Waals surface area contributed by atoms with Crippen molar-refractivity contribution in [1.82, 2.24) is 15.0 Å². The summed E-state index contributed by atoms with van der Waals surface area (Å²) in [6, 6.07) is 11.6. The quantitative estimate of drug-likeness (QED) is 0.634. The largest absolute Gasteiger partial charge is 0.339 e.